The molecule has 21 heavy (non-hydrogen) atoms. The highest BCUT2D eigenvalue weighted by molar-refractivity contribution is 5.48. The molecule has 1 aliphatic carbocycles. The van der Waals surface area contributed by atoms with Crippen molar-refractivity contribution in [2.45, 2.75) is 26.7 Å². The number of aryl methyl sites for hydroxylation is 2. The molecule has 2 nitrogen and oxygen atoms in total. The molecule has 2 aromatic rings. The average molecular weight is 280 g/mol. The van der Waals surface area contributed by atoms with Crippen LogP contribution in [0.15, 0.2) is 60.3 Å². The van der Waals surface area contributed by atoms with Crippen molar-refractivity contribution in [2.24, 2.45) is 0 Å². The van der Waals surface area contributed by atoms with E-state index in [4.69, 9.17) is 0 Å². The highest BCUT2D eigenvalue weighted by Gasteiger charge is 2.09. The van der Waals surface area contributed by atoms with E-state index in [1.807, 2.05) is 7.05 Å². The van der Waals surface area contributed by atoms with Crippen molar-refractivity contribution in [1.82, 2.24) is 0 Å². The molecule has 110 valence electrons. The summed E-state index contributed by atoms with van der Waals surface area (Å²) in [6.07, 6.45) is 4.67. The molecule has 0 saturated heterocycles. The molecule has 0 unspecified atom stereocenters. The summed E-state index contributed by atoms with van der Waals surface area (Å²) in [6, 6.07) is 16.7. The first-order chi connectivity index (χ1) is 10.2. The van der Waals surface area contributed by atoms with Gasteiger partial charge in [-0.05, 0) is 56.5 Å². The lowest BCUT2D eigenvalue weighted by Gasteiger charge is -2.00. The summed E-state index contributed by atoms with van der Waals surface area (Å²) in [4.78, 5) is 0. The maximum Gasteiger partial charge on any atom is 0.0382 e. The second-order valence-corrected chi connectivity index (χ2v) is 5.43. The fourth-order valence-electron chi connectivity index (χ4n) is 1.86. The van der Waals surface area contributed by atoms with Crippen LogP contribution in [-0.4, -0.2) is 7.05 Å². The molecule has 0 atom stereocenters. The van der Waals surface area contributed by atoms with Crippen LogP contribution in [0.25, 0.3) is 0 Å². The Morgan fingerprint density at radius 3 is 2.14 bits per heavy atom. The Balaban J connectivity index is 0.000000161. The summed E-state index contributed by atoms with van der Waals surface area (Å²) in [5.41, 5.74) is 6.48. The lowest BCUT2D eigenvalue weighted by atomic mass is 10.2. The molecule has 2 heteroatoms. The molecule has 0 aromatic heterocycles. The maximum atomic E-state index is 3.29. The number of nitrogens with one attached hydrogen (secondary N) is 2. The third kappa shape index (κ3) is 5.74. The fraction of sp³-hybridized carbons (Fsp3) is 0.263. The Hall–Kier alpha value is -2.22. The molecule has 2 aromatic carbocycles. The van der Waals surface area contributed by atoms with Crippen LogP contribution >= 0.6 is 0 Å². The normalized spacial score (nSPS) is 12.0. The van der Waals surface area contributed by atoms with E-state index in [1.54, 1.807) is 0 Å². The van der Waals surface area contributed by atoms with Gasteiger partial charge in [0.05, 0.1) is 0 Å². The summed E-state index contributed by atoms with van der Waals surface area (Å²) in [5.74, 6) is 0. The van der Waals surface area contributed by atoms with Gasteiger partial charge in [0.15, 0.2) is 0 Å². The van der Waals surface area contributed by atoms with E-state index in [0.29, 0.717) is 0 Å². The topological polar surface area (TPSA) is 24.1 Å². The van der Waals surface area contributed by atoms with Gasteiger partial charge in [0.2, 0.25) is 0 Å². The van der Waals surface area contributed by atoms with Crippen LogP contribution in [0.2, 0.25) is 0 Å². The largest absolute Gasteiger partial charge is 0.388 e. The number of allylic oxidation sites excluding steroid dienone is 1. The first-order valence-electron chi connectivity index (χ1n) is 7.43. The second kappa shape index (κ2) is 7.53. The number of hydrogen-bond acceptors (Lipinski definition) is 2. The number of anilines is 2. The quantitative estimate of drug-likeness (QED) is 0.815. The predicted molar refractivity (Wildman–Crippen MR) is 92.8 cm³/mol. The summed E-state index contributed by atoms with van der Waals surface area (Å²) < 4.78 is 0. The molecule has 1 fully saturated rings. The summed E-state index contributed by atoms with van der Waals surface area (Å²) >= 11 is 0. The van der Waals surface area contributed by atoms with Crippen molar-refractivity contribution >= 4 is 11.4 Å². The first-order valence-corrected chi connectivity index (χ1v) is 7.43. The smallest absolute Gasteiger partial charge is 0.0382 e. The van der Waals surface area contributed by atoms with Crippen molar-refractivity contribution in [3.63, 3.8) is 0 Å². The molecule has 1 aliphatic rings. The SMILES string of the molecule is CNc1ccc(C)cc1.Cc1cccc(NC=C2CC2)c1. The minimum atomic E-state index is 1.17. The van der Waals surface area contributed by atoms with Crippen LogP contribution in [0.5, 0.6) is 0 Å². The van der Waals surface area contributed by atoms with Crippen LogP contribution in [0, 0.1) is 13.8 Å². The molecule has 0 radical (unpaired) electrons. The van der Waals surface area contributed by atoms with Gasteiger partial charge in [-0.25, -0.2) is 0 Å². The molecule has 0 heterocycles. The molecule has 0 spiro atoms. The Morgan fingerprint density at radius 1 is 0.857 bits per heavy atom. The van der Waals surface area contributed by atoms with Gasteiger partial charge in [-0.2, -0.15) is 0 Å². The maximum absolute atomic E-state index is 3.29. The zero-order chi connectivity index (χ0) is 15.1. The zero-order valence-corrected chi connectivity index (χ0v) is 13.1. The van der Waals surface area contributed by atoms with Gasteiger partial charge in [-0.3, -0.25) is 0 Å². The lowest BCUT2D eigenvalue weighted by molar-refractivity contribution is 1.44. The van der Waals surface area contributed by atoms with Crippen molar-refractivity contribution in [3.05, 3.63) is 71.4 Å². The lowest BCUT2D eigenvalue weighted by Crippen LogP contribution is -1.86. The van der Waals surface area contributed by atoms with Gasteiger partial charge in [0.25, 0.3) is 0 Å². The van der Waals surface area contributed by atoms with E-state index in [1.165, 1.54) is 40.9 Å². The minimum absolute atomic E-state index is 1.17. The van der Waals surface area contributed by atoms with Gasteiger partial charge < -0.3 is 10.6 Å². The Morgan fingerprint density at radius 2 is 1.57 bits per heavy atom. The first kappa shape index (κ1) is 15.2. The van der Waals surface area contributed by atoms with Crippen LogP contribution in [-0.2, 0) is 0 Å². The molecule has 0 bridgehead atoms. The van der Waals surface area contributed by atoms with Gasteiger partial charge in [-0.15, -0.1) is 0 Å². The van der Waals surface area contributed by atoms with E-state index < -0.39 is 0 Å². The van der Waals surface area contributed by atoms with E-state index in [2.05, 4.69) is 79.2 Å². The molecule has 2 N–H and O–H groups in total. The second-order valence-electron chi connectivity index (χ2n) is 5.43. The molecular weight excluding hydrogens is 256 g/mol. The van der Waals surface area contributed by atoms with Crippen LogP contribution in [0.4, 0.5) is 11.4 Å². The Labute approximate surface area is 127 Å². The minimum Gasteiger partial charge on any atom is -0.388 e. The Bertz CT molecular complexity index is 591. The van der Waals surface area contributed by atoms with E-state index in [-0.39, 0.29) is 0 Å². The number of rotatable bonds is 3. The van der Waals surface area contributed by atoms with Crippen molar-refractivity contribution in [1.29, 1.82) is 0 Å². The fourth-order valence-corrected chi connectivity index (χ4v) is 1.86. The van der Waals surface area contributed by atoms with Crippen LogP contribution in [0.3, 0.4) is 0 Å². The standard InChI is InChI=1S/C11H13N.C8H11N/c1-9-3-2-4-11(7-9)12-8-10-5-6-10;1-7-3-5-8(9-2)6-4-7/h2-4,7-8,12H,5-6H2,1H3;3-6,9H,1-2H3. The van der Waals surface area contributed by atoms with Gasteiger partial charge in [-0.1, -0.05) is 35.4 Å². The third-order valence-electron chi connectivity index (χ3n) is 3.34. The van der Waals surface area contributed by atoms with Crippen molar-refractivity contribution in [3.8, 4) is 0 Å². The molecule has 0 amide bonds. The Kier molecular flexibility index (Phi) is 5.44. The third-order valence-corrected chi connectivity index (χ3v) is 3.34. The average Bonchev–Trinajstić information content (AvgIpc) is 3.31. The van der Waals surface area contributed by atoms with E-state index in [0.717, 1.165) is 0 Å². The van der Waals surface area contributed by atoms with Crippen LogP contribution < -0.4 is 10.6 Å². The molecular formula is C19H24N2. The van der Waals surface area contributed by atoms with E-state index in [9.17, 15) is 0 Å². The highest BCUT2D eigenvalue weighted by Crippen LogP contribution is 2.27. The summed E-state index contributed by atoms with van der Waals surface area (Å²) in [7, 11) is 1.92. The molecule has 0 aliphatic heterocycles. The van der Waals surface area contributed by atoms with Crippen LogP contribution in [0.1, 0.15) is 24.0 Å². The molecule has 3 rings (SSSR count). The van der Waals surface area contributed by atoms with Gasteiger partial charge in [0, 0.05) is 24.6 Å². The summed E-state index contributed by atoms with van der Waals surface area (Å²) in [5, 5.41) is 6.34. The zero-order valence-electron chi connectivity index (χ0n) is 13.1. The van der Waals surface area contributed by atoms with Crippen molar-refractivity contribution < 1.29 is 0 Å². The van der Waals surface area contributed by atoms with E-state index >= 15 is 0 Å². The van der Waals surface area contributed by atoms with Crippen molar-refractivity contribution in [2.75, 3.05) is 17.7 Å². The molecule has 1 saturated carbocycles. The number of hydrogen-bond donors (Lipinski definition) is 2. The van der Waals surface area contributed by atoms with Gasteiger partial charge in [0.1, 0.15) is 0 Å². The monoisotopic (exact) mass is 280 g/mol. The number of benzene rings is 2. The predicted octanol–water partition coefficient (Wildman–Crippen LogP) is 5.12. The van der Waals surface area contributed by atoms with Gasteiger partial charge >= 0.3 is 0 Å². The highest BCUT2D eigenvalue weighted by atomic mass is 14.8. The summed E-state index contributed by atoms with van der Waals surface area (Å²) in [6.45, 7) is 4.19.